The topological polar surface area (TPSA) is 64.7 Å². The number of hydrogen-bond donors (Lipinski definition) is 1. The summed E-state index contributed by atoms with van der Waals surface area (Å²) in [5.41, 5.74) is -2.94. The number of hydrogen-bond acceptors (Lipinski definition) is 3. The van der Waals surface area contributed by atoms with Crippen molar-refractivity contribution >= 4 is 23.2 Å². The number of aromatic nitrogens is 4. The van der Waals surface area contributed by atoms with Crippen molar-refractivity contribution in [1.29, 1.82) is 0 Å². The lowest BCUT2D eigenvalue weighted by atomic mass is 10.2. The summed E-state index contributed by atoms with van der Waals surface area (Å²) in [7, 11) is 0.953. The molecule has 0 saturated carbocycles. The molecule has 14 heteroatoms. The third kappa shape index (κ3) is 3.97. The van der Waals surface area contributed by atoms with E-state index in [4.69, 9.17) is 11.6 Å². The van der Waals surface area contributed by atoms with Crippen molar-refractivity contribution < 1.29 is 35.5 Å². The van der Waals surface area contributed by atoms with Gasteiger partial charge in [0.25, 0.3) is 5.91 Å². The molecule has 1 aromatic carbocycles. The lowest BCUT2D eigenvalue weighted by molar-refractivity contribution is -0.143. The van der Waals surface area contributed by atoms with Crippen LogP contribution in [-0.2, 0) is 19.8 Å². The van der Waals surface area contributed by atoms with Crippen LogP contribution in [0.4, 0.5) is 36.4 Å². The van der Waals surface area contributed by atoms with Crippen molar-refractivity contribution in [2.45, 2.75) is 12.7 Å². The van der Waals surface area contributed by atoms with Crippen LogP contribution in [0.5, 0.6) is 0 Å². The molecule has 3 rings (SSSR count). The van der Waals surface area contributed by atoms with Gasteiger partial charge in [0.05, 0.1) is 18.4 Å². The van der Waals surface area contributed by atoms with Gasteiger partial charge in [0, 0.05) is 24.9 Å². The number of nitrogens with zero attached hydrogens (tertiary/aromatic N) is 4. The van der Waals surface area contributed by atoms with Crippen molar-refractivity contribution in [3.8, 4) is 0 Å². The fraction of sp³-hybridized carbons (Fsp3) is 0.188. The van der Waals surface area contributed by atoms with Gasteiger partial charge >= 0.3 is 6.18 Å². The summed E-state index contributed by atoms with van der Waals surface area (Å²) >= 11 is 5.62. The molecule has 1 N–H and O–H groups in total. The number of anilines is 1. The van der Waals surface area contributed by atoms with Crippen LogP contribution in [-0.4, -0.2) is 25.5 Å². The van der Waals surface area contributed by atoms with E-state index in [9.17, 15) is 35.5 Å². The van der Waals surface area contributed by atoms with Crippen LogP contribution >= 0.6 is 11.6 Å². The van der Waals surface area contributed by atoms with Crippen molar-refractivity contribution in [2.75, 3.05) is 5.32 Å². The molecule has 3 aromatic rings. The highest BCUT2D eigenvalue weighted by molar-refractivity contribution is 6.34. The first-order valence-electron chi connectivity index (χ1n) is 7.85. The molecule has 30 heavy (non-hydrogen) atoms. The Kier molecular flexibility index (Phi) is 5.50. The molecule has 6 nitrogen and oxygen atoms in total. The van der Waals surface area contributed by atoms with Gasteiger partial charge in [-0.05, 0) is 0 Å². The summed E-state index contributed by atoms with van der Waals surface area (Å²) in [5.74, 6) is -7.76. The number of halogens is 8. The van der Waals surface area contributed by atoms with Crippen LogP contribution in [0.2, 0.25) is 5.02 Å². The van der Waals surface area contributed by atoms with Crippen LogP contribution in [0.15, 0.2) is 18.5 Å². The Morgan fingerprint density at radius 2 is 1.83 bits per heavy atom. The summed E-state index contributed by atoms with van der Waals surface area (Å²) in [6, 6.07) is 0.168. The lowest BCUT2D eigenvalue weighted by Crippen LogP contribution is -2.13. The first-order chi connectivity index (χ1) is 13.9. The average Bonchev–Trinajstić information content (AvgIpc) is 3.19. The third-order valence-corrected chi connectivity index (χ3v) is 4.25. The second kappa shape index (κ2) is 7.63. The summed E-state index contributed by atoms with van der Waals surface area (Å²) in [4.78, 5) is 12.2. The summed E-state index contributed by atoms with van der Waals surface area (Å²) in [5, 5.41) is 8.39. The van der Waals surface area contributed by atoms with Gasteiger partial charge in [-0.15, -0.1) is 0 Å². The fourth-order valence-corrected chi connectivity index (χ4v) is 2.92. The number of rotatable bonds is 4. The Morgan fingerprint density at radius 3 is 2.43 bits per heavy atom. The van der Waals surface area contributed by atoms with E-state index in [1.54, 1.807) is 0 Å². The van der Waals surface area contributed by atoms with E-state index in [0.29, 0.717) is 4.68 Å². The van der Waals surface area contributed by atoms with Gasteiger partial charge < -0.3 is 5.32 Å². The molecule has 0 saturated heterocycles. The molecule has 1 amide bonds. The van der Waals surface area contributed by atoms with Gasteiger partial charge in [0.15, 0.2) is 28.8 Å². The standard InChI is InChI=1S/C16H9ClF7N5O/c1-28-14(16(22,23)24)10(17)13(27-28)15(30)26-6-3-25-29(4-6)5-7-8(18)2-9(19)12(21)11(7)20/h2-4H,5H2,1H3,(H,26,30). The molecule has 0 fully saturated rings. The molecular formula is C16H9ClF7N5O. The quantitative estimate of drug-likeness (QED) is 0.365. The number of benzene rings is 1. The van der Waals surface area contributed by atoms with Gasteiger partial charge in [0.1, 0.15) is 10.8 Å². The number of amides is 1. The first-order valence-corrected chi connectivity index (χ1v) is 8.23. The Labute approximate surface area is 167 Å². The highest BCUT2D eigenvalue weighted by Gasteiger charge is 2.40. The highest BCUT2D eigenvalue weighted by atomic mass is 35.5. The predicted octanol–water partition coefficient (Wildman–Crippen LogP) is 4.15. The number of nitrogens with one attached hydrogen (secondary N) is 1. The smallest absolute Gasteiger partial charge is 0.318 e. The van der Waals surface area contributed by atoms with Crippen LogP contribution in [0.1, 0.15) is 21.7 Å². The lowest BCUT2D eigenvalue weighted by Gasteiger charge is -2.07. The monoisotopic (exact) mass is 455 g/mol. The summed E-state index contributed by atoms with van der Waals surface area (Å²) in [6.07, 6.45) is -2.78. The van der Waals surface area contributed by atoms with Crippen molar-refractivity contribution in [1.82, 2.24) is 19.6 Å². The SMILES string of the molecule is Cn1nc(C(=O)Nc2cnn(Cc3c(F)cc(F)c(F)c3F)c2)c(Cl)c1C(F)(F)F. The number of aryl methyl sites for hydroxylation is 1. The first kappa shape index (κ1) is 21.6. The molecular weight excluding hydrogens is 447 g/mol. The van der Waals surface area contributed by atoms with Crippen molar-refractivity contribution in [2.24, 2.45) is 7.05 Å². The minimum Gasteiger partial charge on any atom is -0.318 e. The molecule has 0 spiro atoms. The molecule has 0 aliphatic rings. The van der Waals surface area contributed by atoms with Gasteiger partial charge in [-0.1, -0.05) is 11.6 Å². The molecule has 0 unspecified atom stereocenters. The van der Waals surface area contributed by atoms with E-state index < -0.39 is 63.9 Å². The van der Waals surface area contributed by atoms with E-state index in [2.05, 4.69) is 15.5 Å². The maximum Gasteiger partial charge on any atom is 0.434 e. The molecule has 0 bridgehead atoms. The van der Waals surface area contributed by atoms with Crippen LogP contribution in [0.3, 0.4) is 0 Å². The Morgan fingerprint density at radius 1 is 1.17 bits per heavy atom. The number of carbonyl (C=O) groups excluding carboxylic acids is 1. The van der Waals surface area contributed by atoms with Crippen LogP contribution < -0.4 is 5.32 Å². The normalized spacial score (nSPS) is 11.8. The van der Waals surface area contributed by atoms with Gasteiger partial charge in [-0.25, -0.2) is 17.6 Å². The van der Waals surface area contributed by atoms with Gasteiger partial charge in [0.2, 0.25) is 0 Å². The Bertz CT molecular complexity index is 1140. The number of carbonyl (C=O) groups is 1. The predicted molar refractivity (Wildman–Crippen MR) is 88.8 cm³/mol. The summed E-state index contributed by atoms with van der Waals surface area (Å²) in [6.45, 7) is -0.659. The molecule has 160 valence electrons. The second-order valence-electron chi connectivity index (χ2n) is 5.96. The largest absolute Gasteiger partial charge is 0.434 e. The van der Waals surface area contributed by atoms with Crippen LogP contribution in [0, 0.1) is 23.3 Å². The highest BCUT2D eigenvalue weighted by Crippen LogP contribution is 2.36. The Hall–Kier alpha value is -3.09. The van der Waals surface area contributed by atoms with E-state index in [-0.39, 0.29) is 11.8 Å². The summed E-state index contributed by atoms with van der Waals surface area (Å²) < 4.78 is 93.9. The zero-order valence-corrected chi connectivity index (χ0v) is 15.4. The molecule has 0 aliphatic carbocycles. The molecule has 0 atom stereocenters. The average molecular weight is 456 g/mol. The second-order valence-corrected chi connectivity index (χ2v) is 6.34. The maximum absolute atomic E-state index is 13.7. The molecule has 2 aromatic heterocycles. The van der Waals surface area contributed by atoms with Crippen molar-refractivity contribution in [3.63, 3.8) is 0 Å². The third-order valence-electron chi connectivity index (χ3n) is 3.89. The fourth-order valence-electron chi connectivity index (χ4n) is 2.57. The molecule has 0 radical (unpaired) electrons. The van der Waals surface area contributed by atoms with E-state index >= 15 is 0 Å². The molecule has 2 heterocycles. The minimum atomic E-state index is -4.85. The zero-order valence-electron chi connectivity index (χ0n) is 14.7. The van der Waals surface area contributed by atoms with E-state index in [0.717, 1.165) is 24.1 Å². The zero-order chi connectivity index (χ0) is 22.4. The maximum atomic E-state index is 13.7. The van der Waals surface area contributed by atoms with Gasteiger partial charge in [-0.2, -0.15) is 23.4 Å². The van der Waals surface area contributed by atoms with Crippen LogP contribution in [0.25, 0.3) is 0 Å². The number of alkyl halides is 3. The van der Waals surface area contributed by atoms with Gasteiger partial charge in [-0.3, -0.25) is 14.2 Å². The van der Waals surface area contributed by atoms with E-state index in [1.807, 2.05) is 0 Å². The Balaban J connectivity index is 1.80. The van der Waals surface area contributed by atoms with E-state index in [1.165, 1.54) is 0 Å². The van der Waals surface area contributed by atoms with Crippen molar-refractivity contribution in [3.05, 3.63) is 63.7 Å². The molecule has 0 aliphatic heterocycles. The minimum absolute atomic E-state index is 0.0846.